The molecule has 1 aliphatic rings. The molecule has 24 heavy (non-hydrogen) atoms. The minimum absolute atomic E-state index is 0.0722. The number of amides is 1. The number of pyridine rings is 1. The summed E-state index contributed by atoms with van der Waals surface area (Å²) in [5.74, 6) is 2.11. The number of aromatic nitrogens is 1. The fraction of sp³-hybridized carbons (Fsp3) is 0.333. The molecule has 1 aromatic heterocycles. The van der Waals surface area contributed by atoms with Gasteiger partial charge in [0.1, 0.15) is 5.82 Å². The maximum absolute atomic E-state index is 12.1. The minimum Gasteiger partial charge on any atom is -0.454 e. The molecule has 0 atom stereocenters. The molecule has 0 aliphatic carbocycles. The van der Waals surface area contributed by atoms with Crippen LogP contribution in [0.3, 0.4) is 0 Å². The number of carbonyl (C=O) groups is 1. The van der Waals surface area contributed by atoms with Gasteiger partial charge in [0.25, 0.3) is 5.91 Å². The van der Waals surface area contributed by atoms with Gasteiger partial charge in [-0.3, -0.25) is 4.79 Å². The number of anilines is 1. The number of hydrogen-bond acceptors (Lipinski definition) is 5. The van der Waals surface area contributed by atoms with Crippen molar-refractivity contribution in [1.29, 1.82) is 0 Å². The quantitative estimate of drug-likeness (QED) is 0.765. The van der Waals surface area contributed by atoms with Crippen molar-refractivity contribution in [1.82, 2.24) is 10.3 Å². The van der Waals surface area contributed by atoms with Gasteiger partial charge >= 0.3 is 0 Å². The first-order chi connectivity index (χ1) is 11.8. The molecule has 6 heteroatoms. The van der Waals surface area contributed by atoms with Crippen molar-refractivity contribution < 1.29 is 14.3 Å². The van der Waals surface area contributed by atoms with E-state index in [9.17, 15) is 4.79 Å². The van der Waals surface area contributed by atoms with E-state index >= 15 is 0 Å². The van der Waals surface area contributed by atoms with Gasteiger partial charge in [-0.05, 0) is 36.2 Å². The fourth-order valence-electron chi connectivity index (χ4n) is 2.39. The predicted molar refractivity (Wildman–Crippen MR) is 91.4 cm³/mol. The third-order valence-corrected chi connectivity index (χ3v) is 3.75. The van der Waals surface area contributed by atoms with Crippen LogP contribution in [0, 0.1) is 0 Å². The third kappa shape index (κ3) is 3.95. The second kappa shape index (κ2) is 7.68. The molecule has 2 heterocycles. The van der Waals surface area contributed by atoms with Crippen molar-refractivity contribution in [3.63, 3.8) is 0 Å². The lowest BCUT2D eigenvalue weighted by Crippen LogP contribution is -2.24. The lowest BCUT2D eigenvalue weighted by Gasteiger charge is -2.09. The van der Waals surface area contributed by atoms with E-state index in [2.05, 4.69) is 22.5 Å². The van der Waals surface area contributed by atoms with Crippen molar-refractivity contribution in [2.24, 2.45) is 0 Å². The van der Waals surface area contributed by atoms with Crippen LogP contribution in [0.2, 0.25) is 0 Å². The number of hydrogen-bond donors (Lipinski definition) is 2. The summed E-state index contributed by atoms with van der Waals surface area (Å²) in [7, 11) is 0. The Hall–Kier alpha value is -2.76. The second-order valence-electron chi connectivity index (χ2n) is 5.58. The summed E-state index contributed by atoms with van der Waals surface area (Å²) in [6.07, 6.45) is 3.67. The van der Waals surface area contributed by atoms with Crippen LogP contribution in [0.15, 0.2) is 36.5 Å². The molecule has 1 aliphatic heterocycles. The molecule has 3 rings (SSSR count). The molecule has 1 aromatic carbocycles. The van der Waals surface area contributed by atoms with E-state index in [0.717, 1.165) is 29.9 Å². The summed E-state index contributed by atoms with van der Waals surface area (Å²) in [5.41, 5.74) is 1.66. The van der Waals surface area contributed by atoms with E-state index in [4.69, 9.17) is 9.47 Å². The summed E-state index contributed by atoms with van der Waals surface area (Å²) >= 11 is 0. The first-order valence-corrected chi connectivity index (χ1v) is 8.13. The van der Waals surface area contributed by atoms with Crippen molar-refractivity contribution in [3.05, 3.63) is 47.7 Å². The van der Waals surface area contributed by atoms with Crippen LogP contribution in [0.1, 0.15) is 35.7 Å². The lowest BCUT2D eigenvalue weighted by molar-refractivity contribution is 0.0953. The number of rotatable bonds is 7. The Kier molecular flexibility index (Phi) is 5.15. The van der Waals surface area contributed by atoms with Gasteiger partial charge in [0.05, 0.1) is 0 Å². The molecule has 126 valence electrons. The molecule has 1 amide bonds. The molecule has 2 aromatic rings. The Morgan fingerprint density at radius 3 is 2.96 bits per heavy atom. The zero-order chi connectivity index (χ0) is 16.8. The Labute approximate surface area is 141 Å². The molecule has 2 N–H and O–H groups in total. The smallest absolute Gasteiger partial charge is 0.251 e. The maximum Gasteiger partial charge on any atom is 0.251 e. The zero-order valence-corrected chi connectivity index (χ0v) is 13.7. The number of unbranched alkanes of at least 4 members (excludes halogenated alkanes) is 1. The molecule has 0 bridgehead atoms. The fourth-order valence-corrected chi connectivity index (χ4v) is 2.39. The van der Waals surface area contributed by atoms with Crippen LogP contribution in [0.25, 0.3) is 0 Å². The lowest BCUT2D eigenvalue weighted by atomic mass is 10.2. The van der Waals surface area contributed by atoms with Gasteiger partial charge in [-0.1, -0.05) is 19.4 Å². The molecule has 0 saturated heterocycles. The molecular formula is C18H21N3O3. The number of benzene rings is 1. The topological polar surface area (TPSA) is 72.5 Å². The van der Waals surface area contributed by atoms with Gasteiger partial charge in [0.2, 0.25) is 6.79 Å². The van der Waals surface area contributed by atoms with Crippen LogP contribution in [0.5, 0.6) is 11.5 Å². The molecular weight excluding hydrogens is 306 g/mol. The zero-order valence-electron chi connectivity index (χ0n) is 13.7. The third-order valence-electron chi connectivity index (χ3n) is 3.75. The highest BCUT2D eigenvalue weighted by atomic mass is 16.7. The average molecular weight is 327 g/mol. The molecule has 6 nitrogen and oxygen atoms in total. The van der Waals surface area contributed by atoms with E-state index in [1.54, 1.807) is 18.3 Å². The minimum atomic E-state index is -0.0722. The average Bonchev–Trinajstić information content (AvgIpc) is 3.08. The second-order valence-corrected chi connectivity index (χ2v) is 5.58. The largest absolute Gasteiger partial charge is 0.454 e. The molecule has 0 fully saturated rings. The standard InChI is InChI=1S/C18H21N3O3/c1-2-3-7-20-18(22)14-6-8-19-17(10-14)21-11-13-4-5-15-16(9-13)24-12-23-15/h4-6,8-10H,2-3,7,11-12H2,1H3,(H,19,21)(H,20,22). The molecule has 0 radical (unpaired) electrons. The van der Waals surface area contributed by atoms with E-state index in [1.807, 2.05) is 18.2 Å². The predicted octanol–water partition coefficient (Wildman–Crippen LogP) is 2.95. The highest BCUT2D eigenvalue weighted by Crippen LogP contribution is 2.32. The first kappa shape index (κ1) is 16.1. The Bertz CT molecular complexity index is 718. The van der Waals surface area contributed by atoms with Gasteiger partial charge in [0, 0.05) is 24.8 Å². The van der Waals surface area contributed by atoms with Crippen LogP contribution < -0.4 is 20.1 Å². The maximum atomic E-state index is 12.1. The molecule has 0 unspecified atom stereocenters. The van der Waals surface area contributed by atoms with Crippen LogP contribution in [0.4, 0.5) is 5.82 Å². The van der Waals surface area contributed by atoms with Crippen LogP contribution in [-0.4, -0.2) is 24.2 Å². The van der Waals surface area contributed by atoms with Gasteiger partial charge in [-0.15, -0.1) is 0 Å². The molecule has 0 saturated carbocycles. The van der Waals surface area contributed by atoms with Crippen LogP contribution in [-0.2, 0) is 6.54 Å². The normalized spacial score (nSPS) is 12.0. The van der Waals surface area contributed by atoms with E-state index in [0.29, 0.717) is 24.5 Å². The first-order valence-electron chi connectivity index (χ1n) is 8.13. The van der Waals surface area contributed by atoms with Crippen molar-refractivity contribution in [2.75, 3.05) is 18.7 Å². The number of nitrogens with zero attached hydrogens (tertiary/aromatic N) is 1. The summed E-state index contributed by atoms with van der Waals surface area (Å²) in [6.45, 7) is 3.64. The summed E-state index contributed by atoms with van der Waals surface area (Å²) in [4.78, 5) is 16.3. The monoisotopic (exact) mass is 327 g/mol. The van der Waals surface area contributed by atoms with E-state index in [1.165, 1.54) is 0 Å². The van der Waals surface area contributed by atoms with E-state index < -0.39 is 0 Å². The summed E-state index contributed by atoms with van der Waals surface area (Å²) < 4.78 is 10.7. The van der Waals surface area contributed by atoms with Crippen molar-refractivity contribution >= 4 is 11.7 Å². The number of fused-ring (bicyclic) bond motifs is 1. The number of carbonyl (C=O) groups excluding carboxylic acids is 1. The highest BCUT2D eigenvalue weighted by molar-refractivity contribution is 5.94. The van der Waals surface area contributed by atoms with E-state index in [-0.39, 0.29) is 12.7 Å². The van der Waals surface area contributed by atoms with Crippen LogP contribution >= 0.6 is 0 Å². The Morgan fingerprint density at radius 2 is 2.08 bits per heavy atom. The summed E-state index contributed by atoms with van der Waals surface area (Å²) in [6, 6.07) is 9.28. The highest BCUT2D eigenvalue weighted by Gasteiger charge is 2.13. The van der Waals surface area contributed by atoms with Crippen molar-refractivity contribution in [3.8, 4) is 11.5 Å². The number of ether oxygens (including phenoxy) is 2. The van der Waals surface area contributed by atoms with Gasteiger partial charge < -0.3 is 20.1 Å². The Balaban J connectivity index is 1.59. The van der Waals surface area contributed by atoms with Gasteiger partial charge in [-0.25, -0.2) is 4.98 Å². The van der Waals surface area contributed by atoms with Crippen molar-refractivity contribution in [2.45, 2.75) is 26.3 Å². The summed E-state index contributed by atoms with van der Waals surface area (Å²) in [5, 5.41) is 6.13. The Morgan fingerprint density at radius 1 is 1.21 bits per heavy atom. The molecule has 0 spiro atoms. The van der Waals surface area contributed by atoms with Gasteiger partial charge in [-0.2, -0.15) is 0 Å². The SMILES string of the molecule is CCCCNC(=O)c1ccnc(NCc2ccc3c(c2)OCO3)c1. The van der Waals surface area contributed by atoms with Gasteiger partial charge in [0.15, 0.2) is 11.5 Å². The number of nitrogens with one attached hydrogen (secondary N) is 2.